The van der Waals surface area contributed by atoms with Crippen LogP contribution in [0.25, 0.3) is 0 Å². The molecule has 3 N–H and O–H groups in total. The standard InChI is InChI=1S/C24H26N4OS/c29-23(26-15-13-20-8-3-1-4-9-20)17-27-24(30)28(18-21-10-5-2-6-11-21)19-22-12-7-14-25-16-22/h1-12,14,16H,13,15,17-19H2,(H,26,29)(H,27,30)/p+1. The second-order valence-electron chi connectivity index (χ2n) is 7.00. The summed E-state index contributed by atoms with van der Waals surface area (Å²) in [6.45, 7) is 2.07. The number of carbonyl (C=O) groups excluding carboxylic acids is 1. The largest absolute Gasteiger partial charge is 0.354 e. The minimum atomic E-state index is -0.0685. The monoisotopic (exact) mass is 419 g/mol. The van der Waals surface area contributed by atoms with Gasteiger partial charge in [-0.25, -0.2) is 4.98 Å². The number of thiocarbonyl (C=S) groups is 1. The summed E-state index contributed by atoms with van der Waals surface area (Å²) in [6, 6.07) is 24.3. The topological polar surface area (TPSA) is 58.5 Å². The van der Waals surface area contributed by atoms with Gasteiger partial charge >= 0.3 is 0 Å². The van der Waals surface area contributed by atoms with Gasteiger partial charge in [-0.15, -0.1) is 0 Å². The van der Waals surface area contributed by atoms with E-state index >= 15 is 0 Å². The van der Waals surface area contributed by atoms with E-state index in [1.165, 1.54) is 5.56 Å². The van der Waals surface area contributed by atoms with Crippen LogP contribution < -0.4 is 15.6 Å². The number of amides is 1. The van der Waals surface area contributed by atoms with E-state index in [-0.39, 0.29) is 12.5 Å². The minimum absolute atomic E-state index is 0.0685. The molecule has 0 unspecified atom stereocenters. The van der Waals surface area contributed by atoms with Crippen molar-refractivity contribution < 1.29 is 9.78 Å². The van der Waals surface area contributed by atoms with Gasteiger partial charge in [-0.05, 0) is 35.8 Å². The molecule has 30 heavy (non-hydrogen) atoms. The second-order valence-corrected chi connectivity index (χ2v) is 7.38. The van der Waals surface area contributed by atoms with Crippen molar-refractivity contribution >= 4 is 23.2 Å². The van der Waals surface area contributed by atoms with Crippen molar-refractivity contribution in [2.24, 2.45) is 0 Å². The van der Waals surface area contributed by atoms with Crippen LogP contribution in [0.5, 0.6) is 0 Å². The number of H-pyrrole nitrogens is 1. The van der Waals surface area contributed by atoms with E-state index in [1.54, 1.807) is 0 Å². The Morgan fingerprint density at radius 1 is 0.833 bits per heavy atom. The number of aromatic nitrogens is 1. The number of nitrogens with zero attached hydrogens (tertiary/aromatic N) is 1. The molecule has 0 fully saturated rings. The lowest BCUT2D eigenvalue weighted by atomic mass is 10.1. The molecule has 1 heterocycles. The van der Waals surface area contributed by atoms with E-state index in [0.717, 1.165) is 17.5 Å². The van der Waals surface area contributed by atoms with E-state index in [0.29, 0.717) is 24.7 Å². The van der Waals surface area contributed by atoms with Crippen molar-refractivity contribution in [1.82, 2.24) is 15.5 Å². The molecule has 0 atom stereocenters. The molecule has 1 amide bonds. The Labute approximate surface area is 183 Å². The molecule has 0 spiro atoms. The van der Waals surface area contributed by atoms with Crippen LogP contribution in [0.1, 0.15) is 16.7 Å². The zero-order chi connectivity index (χ0) is 21.0. The lowest BCUT2D eigenvalue weighted by molar-refractivity contribution is -0.378. The van der Waals surface area contributed by atoms with Crippen LogP contribution in [0.2, 0.25) is 0 Å². The molecule has 154 valence electrons. The van der Waals surface area contributed by atoms with Gasteiger partial charge < -0.3 is 15.5 Å². The Morgan fingerprint density at radius 3 is 2.13 bits per heavy atom. The first-order valence-electron chi connectivity index (χ1n) is 10.0. The first-order chi connectivity index (χ1) is 14.7. The Morgan fingerprint density at radius 2 is 1.47 bits per heavy atom. The Balaban J connectivity index is 1.51. The van der Waals surface area contributed by atoms with Gasteiger partial charge in [-0.1, -0.05) is 60.7 Å². The summed E-state index contributed by atoms with van der Waals surface area (Å²) in [4.78, 5) is 17.4. The Bertz CT molecular complexity index is 878. The van der Waals surface area contributed by atoms with Crippen LogP contribution >= 0.6 is 12.2 Å². The molecule has 5 nitrogen and oxygen atoms in total. The average molecular weight is 420 g/mol. The van der Waals surface area contributed by atoms with Crippen LogP contribution in [0.4, 0.5) is 0 Å². The zero-order valence-corrected chi connectivity index (χ0v) is 17.7. The molecule has 0 bridgehead atoms. The molecular formula is C24H27N4OS+. The van der Waals surface area contributed by atoms with Gasteiger partial charge in [0.05, 0.1) is 13.1 Å². The van der Waals surface area contributed by atoms with Crippen LogP contribution in [-0.4, -0.2) is 29.0 Å². The molecule has 0 saturated carbocycles. The molecule has 1 aromatic heterocycles. The van der Waals surface area contributed by atoms with Gasteiger partial charge in [0.2, 0.25) is 5.91 Å². The fourth-order valence-corrected chi connectivity index (χ4v) is 3.27. The maximum atomic E-state index is 12.2. The van der Waals surface area contributed by atoms with E-state index in [9.17, 15) is 4.79 Å². The third-order valence-corrected chi connectivity index (χ3v) is 5.03. The molecule has 3 aromatic rings. The smallest absolute Gasteiger partial charge is 0.239 e. The Kier molecular flexibility index (Phi) is 8.35. The summed E-state index contributed by atoms with van der Waals surface area (Å²) in [5.41, 5.74) is 3.48. The third kappa shape index (κ3) is 7.29. The van der Waals surface area contributed by atoms with Crippen LogP contribution in [0.3, 0.4) is 0 Å². The second kappa shape index (κ2) is 11.7. The predicted molar refractivity (Wildman–Crippen MR) is 122 cm³/mol. The van der Waals surface area contributed by atoms with Crippen molar-refractivity contribution in [1.29, 1.82) is 0 Å². The molecule has 0 saturated heterocycles. The SMILES string of the molecule is O=C(CNC(=S)N(Cc1ccccc1)Cc1ccc[nH+]c1)NCCc1ccccc1. The molecule has 2 aromatic carbocycles. The number of rotatable bonds is 9. The number of carbonyl (C=O) groups is 1. The highest BCUT2D eigenvalue weighted by atomic mass is 32.1. The number of aromatic amines is 1. The van der Waals surface area contributed by atoms with Crippen molar-refractivity contribution in [3.8, 4) is 0 Å². The van der Waals surface area contributed by atoms with Crippen molar-refractivity contribution in [3.63, 3.8) is 0 Å². The highest BCUT2D eigenvalue weighted by Gasteiger charge is 2.13. The zero-order valence-electron chi connectivity index (χ0n) is 16.9. The van der Waals surface area contributed by atoms with Crippen molar-refractivity contribution in [3.05, 3.63) is 102 Å². The highest BCUT2D eigenvalue weighted by molar-refractivity contribution is 7.80. The van der Waals surface area contributed by atoms with Crippen LogP contribution in [0.15, 0.2) is 85.2 Å². The van der Waals surface area contributed by atoms with Gasteiger partial charge in [0.1, 0.15) is 0 Å². The fraction of sp³-hybridized carbons (Fsp3) is 0.208. The molecule has 0 aliphatic rings. The van der Waals surface area contributed by atoms with E-state index in [4.69, 9.17) is 12.2 Å². The molecule has 0 aliphatic carbocycles. The first-order valence-corrected chi connectivity index (χ1v) is 10.4. The minimum Gasteiger partial charge on any atom is -0.354 e. The molecule has 3 rings (SSSR count). The fourth-order valence-electron chi connectivity index (χ4n) is 3.07. The van der Waals surface area contributed by atoms with Gasteiger partial charge in [0, 0.05) is 24.7 Å². The maximum absolute atomic E-state index is 12.2. The third-order valence-electron chi connectivity index (χ3n) is 4.63. The first kappa shape index (κ1) is 21.5. The summed E-state index contributed by atoms with van der Waals surface area (Å²) in [7, 11) is 0. The maximum Gasteiger partial charge on any atom is 0.239 e. The highest BCUT2D eigenvalue weighted by Crippen LogP contribution is 2.09. The number of nitrogens with one attached hydrogen (secondary N) is 3. The number of pyridine rings is 1. The molecule has 0 aliphatic heterocycles. The molecular weight excluding hydrogens is 392 g/mol. The predicted octanol–water partition coefficient (Wildman–Crippen LogP) is 2.74. The van der Waals surface area contributed by atoms with Crippen molar-refractivity contribution in [2.45, 2.75) is 19.5 Å². The normalized spacial score (nSPS) is 10.3. The molecule has 0 radical (unpaired) electrons. The lowest BCUT2D eigenvalue weighted by Crippen LogP contribution is -2.44. The molecule has 6 heteroatoms. The van der Waals surface area contributed by atoms with Crippen LogP contribution in [-0.2, 0) is 24.3 Å². The number of hydrogen-bond donors (Lipinski definition) is 2. The van der Waals surface area contributed by atoms with Gasteiger partial charge in [-0.3, -0.25) is 4.79 Å². The summed E-state index contributed by atoms with van der Waals surface area (Å²) >= 11 is 5.61. The average Bonchev–Trinajstić information content (AvgIpc) is 2.79. The summed E-state index contributed by atoms with van der Waals surface area (Å²) < 4.78 is 0. The van der Waals surface area contributed by atoms with Gasteiger partial charge in [-0.2, -0.15) is 0 Å². The van der Waals surface area contributed by atoms with E-state index in [2.05, 4.69) is 44.8 Å². The quantitative estimate of drug-likeness (QED) is 0.524. The summed E-state index contributed by atoms with van der Waals surface area (Å²) in [5, 5.41) is 6.60. The summed E-state index contributed by atoms with van der Waals surface area (Å²) in [6.07, 6.45) is 4.64. The van der Waals surface area contributed by atoms with Crippen LogP contribution in [0, 0.1) is 0 Å². The summed E-state index contributed by atoms with van der Waals surface area (Å²) in [5.74, 6) is -0.0685. The van der Waals surface area contributed by atoms with Crippen molar-refractivity contribution in [2.75, 3.05) is 13.1 Å². The Hall–Kier alpha value is -3.25. The van der Waals surface area contributed by atoms with E-state index in [1.807, 2.05) is 60.9 Å². The van der Waals surface area contributed by atoms with E-state index < -0.39 is 0 Å². The van der Waals surface area contributed by atoms with Gasteiger partial charge in [0.15, 0.2) is 17.5 Å². The lowest BCUT2D eigenvalue weighted by Gasteiger charge is -2.25. The number of benzene rings is 2. The van der Waals surface area contributed by atoms with Gasteiger partial charge in [0.25, 0.3) is 0 Å². The number of hydrogen-bond acceptors (Lipinski definition) is 2.